The van der Waals surface area contributed by atoms with Gasteiger partial charge in [0.25, 0.3) is 0 Å². The Bertz CT molecular complexity index is 367. The molecule has 0 radical (unpaired) electrons. The average molecular weight is 254 g/mol. The van der Waals surface area contributed by atoms with E-state index in [0.717, 1.165) is 12.1 Å². The van der Waals surface area contributed by atoms with E-state index >= 15 is 0 Å². The van der Waals surface area contributed by atoms with Crippen molar-refractivity contribution in [2.45, 2.75) is 51.6 Å². The zero-order valence-corrected chi connectivity index (χ0v) is 11.3. The van der Waals surface area contributed by atoms with Gasteiger partial charge < -0.3 is 0 Å². The van der Waals surface area contributed by atoms with E-state index in [1.165, 1.54) is 25.8 Å². The average Bonchev–Trinajstić information content (AvgIpc) is 2.74. The van der Waals surface area contributed by atoms with Gasteiger partial charge in [-0.15, -0.1) is 0 Å². The quantitative estimate of drug-likeness (QED) is 0.773. The third kappa shape index (κ3) is 3.39. The fraction of sp³-hybridized carbons (Fsp3) is 0.692. The minimum Gasteiger partial charge on any atom is -0.298 e. The van der Waals surface area contributed by atoms with Gasteiger partial charge in [-0.05, 0) is 52.1 Å². The predicted octanol–water partition coefficient (Wildman–Crippen LogP) is 2.94. The first-order valence-electron chi connectivity index (χ1n) is 6.39. The Balaban J connectivity index is 1.89. The Labute approximate surface area is 108 Å². The number of rotatable bonds is 4. The van der Waals surface area contributed by atoms with Crippen molar-refractivity contribution < 1.29 is 0 Å². The van der Waals surface area contributed by atoms with Crippen LogP contribution in [-0.4, -0.2) is 33.5 Å². The molecule has 4 heteroatoms. The van der Waals surface area contributed by atoms with Crippen LogP contribution in [-0.2, 0) is 6.42 Å². The first kappa shape index (κ1) is 12.8. The van der Waals surface area contributed by atoms with E-state index < -0.39 is 0 Å². The summed E-state index contributed by atoms with van der Waals surface area (Å²) in [5.41, 5.74) is 1.06. The van der Waals surface area contributed by atoms with Crippen LogP contribution < -0.4 is 0 Å². The van der Waals surface area contributed by atoms with Crippen LogP contribution >= 0.6 is 11.6 Å². The van der Waals surface area contributed by atoms with Crippen molar-refractivity contribution in [1.29, 1.82) is 0 Å². The number of aromatic nitrogens is 2. The van der Waals surface area contributed by atoms with Gasteiger partial charge in [-0.3, -0.25) is 4.90 Å². The minimum atomic E-state index is 0.544. The van der Waals surface area contributed by atoms with Gasteiger partial charge in [0.1, 0.15) is 11.5 Å². The standard InChI is InChI=1S/C13H20ClN3/c1-10(2)17-7-3-4-12(17)6-5-11-8-13(14)16-9-15-11/h8-10,12H,3-7H2,1-2H3/t12-/m1/s1. The molecule has 0 amide bonds. The highest BCUT2D eigenvalue weighted by Gasteiger charge is 2.25. The maximum absolute atomic E-state index is 5.86. The molecule has 1 aromatic heterocycles. The Kier molecular flexibility index (Phi) is 4.35. The largest absolute Gasteiger partial charge is 0.298 e. The Morgan fingerprint density at radius 1 is 1.47 bits per heavy atom. The Hall–Kier alpha value is -0.670. The molecule has 0 aliphatic carbocycles. The lowest BCUT2D eigenvalue weighted by Crippen LogP contribution is -2.35. The van der Waals surface area contributed by atoms with Crippen LogP contribution in [0.25, 0.3) is 0 Å². The Morgan fingerprint density at radius 3 is 3.00 bits per heavy atom. The molecule has 0 bridgehead atoms. The van der Waals surface area contributed by atoms with E-state index in [0.29, 0.717) is 17.2 Å². The minimum absolute atomic E-state index is 0.544. The number of aryl methyl sites for hydroxylation is 1. The molecule has 0 N–H and O–H groups in total. The molecule has 0 unspecified atom stereocenters. The van der Waals surface area contributed by atoms with E-state index in [-0.39, 0.29) is 0 Å². The SMILES string of the molecule is CC(C)N1CCC[C@@H]1CCc1cc(Cl)ncn1. The molecule has 0 aromatic carbocycles. The summed E-state index contributed by atoms with van der Waals surface area (Å²) in [6, 6.07) is 3.23. The molecule has 17 heavy (non-hydrogen) atoms. The molecule has 1 saturated heterocycles. The van der Waals surface area contributed by atoms with Gasteiger partial charge in [-0.25, -0.2) is 9.97 Å². The first-order chi connectivity index (χ1) is 8.16. The maximum atomic E-state index is 5.86. The summed E-state index contributed by atoms with van der Waals surface area (Å²) in [5, 5.41) is 0.544. The molecule has 2 rings (SSSR count). The van der Waals surface area contributed by atoms with Crippen molar-refractivity contribution in [2.75, 3.05) is 6.54 Å². The van der Waals surface area contributed by atoms with E-state index in [9.17, 15) is 0 Å². The number of nitrogens with zero attached hydrogens (tertiary/aromatic N) is 3. The van der Waals surface area contributed by atoms with E-state index in [4.69, 9.17) is 11.6 Å². The molecule has 3 nitrogen and oxygen atoms in total. The normalized spacial score (nSPS) is 21.3. The van der Waals surface area contributed by atoms with Crippen LogP contribution in [0.3, 0.4) is 0 Å². The summed E-state index contributed by atoms with van der Waals surface area (Å²) >= 11 is 5.86. The molecular weight excluding hydrogens is 234 g/mol. The molecule has 1 aromatic rings. The highest BCUT2D eigenvalue weighted by Crippen LogP contribution is 2.23. The van der Waals surface area contributed by atoms with Crippen molar-refractivity contribution >= 4 is 11.6 Å². The van der Waals surface area contributed by atoms with Crippen LogP contribution in [0.1, 0.15) is 38.8 Å². The van der Waals surface area contributed by atoms with Crippen molar-refractivity contribution in [3.05, 3.63) is 23.2 Å². The van der Waals surface area contributed by atoms with Crippen molar-refractivity contribution in [1.82, 2.24) is 14.9 Å². The predicted molar refractivity (Wildman–Crippen MR) is 70.2 cm³/mol. The van der Waals surface area contributed by atoms with Crippen molar-refractivity contribution in [3.8, 4) is 0 Å². The lowest BCUT2D eigenvalue weighted by Gasteiger charge is -2.28. The van der Waals surface area contributed by atoms with Crippen LogP contribution in [0.5, 0.6) is 0 Å². The highest BCUT2D eigenvalue weighted by atomic mass is 35.5. The fourth-order valence-corrected chi connectivity index (χ4v) is 2.84. The zero-order chi connectivity index (χ0) is 12.3. The molecule has 2 heterocycles. The first-order valence-corrected chi connectivity index (χ1v) is 6.77. The molecular formula is C13H20ClN3. The van der Waals surface area contributed by atoms with Crippen LogP contribution in [0.2, 0.25) is 5.15 Å². The van der Waals surface area contributed by atoms with Crippen LogP contribution in [0.4, 0.5) is 0 Å². The second-order valence-corrected chi connectivity index (χ2v) is 5.39. The Morgan fingerprint density at radius 2 is 2.29 bits per heavy atom. The number of hydrogen-bond donors (Lipinski definition) is 0. The van der Waals surface area contributed by atoms with Gasteiger partial charge in [0, 0.05) is 17.8 Å². The molecule has 1 aliphatic heterocycles. The summed E-state index contributed by atoms with van der Waals surface area (Å²) in [5.74, 6) is 0. The number of likely N-dealkylation sites (tertiary alicyclic amines) is 1. The second kappa shape index (κ2) is 5.78. The van der Waals surface area contributed by atoms with Crippen LogP contribution in [0.15, 0.2) is 12.4 Å². The summed E-state index contributed by atoms with van der Waals surface area (Å²) in [7, 11) is 0. The second-order valence-electron chi connectivity index (χ2n) is 5.00. The number of hydrogen-bond acceptors (Lipinski definition) is 3. The summed E-state index contributed by atoms with van der Waals surface area (Å²) < 4.78 is 0. The fourth-order valence-electron chi connectivity index (χ4n) is 2.67. The summed E-state index contributed by atoms with van der Waals surface area (Å²) in [6.07, 6.45) is 6.36. The van der Waals surface area contributed by atoms with Gasteiger partial charge in [0.2, 0.25) is 0 Å². The van der Waals surface area contributed by atoms with E-state index in [1.54, 1.807) is 6.33 Å². The summed E-state index contributed by atoms with van der Waals surface area (Å²) in [6.45, 7) is 5.80. The van der Waals surface area contributed by atoms with Crippen molar-refractivity contribution in [2.24, 2.45) is 0 Å². The molecule has 1 aliphatic rings. The van der Waals surface area contributed by atoms with Crippen molar-refractivity contribution in [3.63, 3.8) is 0 Å². The number of halogens is 1. The monoisotopic (exact) mass is 253 g/mol. The third-order valence-corrected chi connectivity index (χ3v) is 3.72. The van der Waals surface area contributed by atoms with E-state index in [1.807, 2.05) is 6.07 Å². The molecule has 1 fully saturated rings. The van der Waals surface area contributed by atoms with Gasteiger partial charge in [-0.1, -0.05) is 11.6 Å². The van der Waals surface area contributed by atoms with Gasteiger partial charge in [0.15, 0.2) is 0 Å². The maximum Gasteiger partial charge on any atom is 0.132 e. The van der Waals surface area contributed by atoms with Gasteiger partial charge >= 0.3 is 0 Å². The lowest BCUT2D eigenvalue weighted by molar-refractivity contribution is 0.195. The van der Waals surface area contributed by atoms with E-state index in [2.05, 4.69) is 28.7 Å². The topological polar surface area (TPSA) is 29.0 Å². The smallest absolute Gasteiger partial charge is 0.132 e. The van der Waals surface area contributed by atoms with Gasteiger partial charge in [0.05, 0.1) is 0 Å². The lowest BCUT2D eigenvalue weighted by atomic mass is 10.1. The van der Waals surface area contributed by atoms with Crippen LogP contribution in [0, 0.1) is 0 Å². The third-order valence-electron chi connectivity index (χ3n) is 3.51. The molecule has 94 valence electrons. The highest BCUT2D eigenvalue weighted by molar-refractivity contribution is 6.29. The molecule has 0 saturated carbocycles. The zero-order valence-electron chi connectivity index (χ0n) is 10.6. The van der Waals surface area contributed by atoms with Gasteiger partial charge in [-0.2, -0.15) is 0 Å². The molecule has 0 spiro atoms. The molecule has 1 atom stereocenters. The summed E-state index contributed by atoms with van der Waals surface area (Å²) in [4.78, 5) is 10.8.